The van der Waals surface area contributed by atoms with Crippen molar-refractivity contribution in [1.29, 1.82) is 0 Å². The molecular weight excluding hydrogens is 256 g/mol. The zero-order valence-corrected chi connectivity index (χ0v) is 12.3. The van der Waals surface area contributed by atoms with E-state index in [0.717, 1.165) is 29.7 Å². The number of nitrogens with zero attached hydrogens (tertiary/aromatic N) is 3. The molecule has 1 aliphatic heterocycles. The van der Waals surface area contributed by atoms with E-state index in [1.165, 1.54) is 29.6 Å². The minimum atomic E-state index is 0.725. The van der Waals surface area contributed by atoms with Crippen molar-refractivity contribution in [3.63, 3.8) is 0 Å². The van der Waals surface area contributed by atoms with Gasteiger partial charge in [0, 0.05) is 18.5 Å². The number of hydrogen-bond donors (Lipinski definition) is 1. The maximum Gasteiger partial charge on any atom is 0.140 e. The lowest BCUT2D eigenvalue weighted by atomic mass is 9.99. The number of aromatic nitrogens is 2. The maximum absolute atomic E-state index is 4.49. The van der Waals surface area contributed by atoms with E-state index in [0.29, 0.717) is 0 Å². The molecule has 1 saturated heterocycles. The second kappa shape index (κ2) is 5.43. The number of nitrogens with one attached hydrogen (secondary N) is 1. The van der Waals surface area contributed by atoms with Gasteiger partial charge in [-0.1, -0.05) is 0 Å². The van der Waals surface area contributed by atoms with Gasteiger partial charge in [-0.3, -0.25) is 0 Å². The third kappa shape index (κ3) is 2.72. The van der Waals surface area contributed by atoms with Crippen LogP contribution in [-0.2, 0) is 0 Å². The minimum Gasteiger partial charge on any atom is -0.359 e. The first-order chi connectivity index (χ1) is 9.24. The first-order valence-corrected chi connectivity index (χ1v) is 7.68. The summed E-state index contributed by atoms with van der Waals surface area (Å²) in [6, 6.07) is 2.20. The largest absolute Gasteiger partial charge is 0.359 e. The molecular formula is C14H20N4S. The Morgan fingerprint density at radius 1 is 1.47 bits per heavy atom. The number of fused-ring (bicyclic) bond motifs is 1. The van der Waals surface area contributed by atoms with Gasteiger partial charge in [0.15, 0.2) is 0 Å². The van der Waals surface area contributed by atoms with Gasteiger partial charge in [0.2, 0.25) is 0 Å². The Morgan fingerprint density at radius 2 is 2.37 bits per heavy atom. The predicted octanol–water partition coefficient (Wildman–Crippen LogP) is 2.44. The smallest absolute Gasteiger partial charge is 0.140 e. The maximum atomic E-state index is 4.49. The van der Waals surface area contributed by atoms with Crippen molar-refractivity contribution in [2.24, 2.45) is 5.92 Å². The average Bonchev–Trinajstić information content (AvgIpc) is 2.79. The minimum absolute atomic E-state index is 0.725. The van der Waals surface area contributed by atoms with Crippen LogP contribution < -0.4 is 10.2 Å². The molecule has 5 heteroatoms. The standard InChI is InChI=1S/C14H20N4S/c1-10-6-12-13(16-9-17-14(12)19-10)18(2)8-11-4-3-5-15-7-11/h6,9,11,15H,3-5,7-8H2,1-2H3. The Bertz CT molecular complexity index is 560. The van der Waals surface area contributed by atoms with Gasteiger partial charge in [0.25, 0.3) is 0 Å². The highest BCUT2D eigenvalue weighted by molar-refractivity contribution is 7.18. The molecule has 1 N–H and O–H groups in total. The lowest BCUT2D eigenvalue weighted by Gasteiger charge is -2.28. The Morgan fingerprint density at radius 3 is 3.16 bits per heavy atom. The van der Waals surface area contributed by atoms with Gasteiger partial charge in [0.05, 0.1) is 5.39 Å². The summed E-state index contributed by atoms with van der Waals surface area (Å²) >= 11 is 1.74. The normalized spacial score (nSPS) is 19.8. The topological polar surface area (TPSA) is 41.0 Å². The van der Waals surface area contributed by atoms with Crippen LogP contribution in [0.25, 0.3) is 10.2 Å². The summed E-state index contributed by atoms with van der Waals surface area (Å²) in [5.41, 5.74) is 0. The van der Waals surface area contributed by atoms with Crippen LogP contribution in [0.4, 0.5) is 5.82 Å². The summed E-state index contributed by atoms with van der Waals surface area (Å²) in [4.78, 5) is 13.5. The molecule has 0 radical (unpaired) electrons. The molecule has 2 aromatic rings. The summed E-state index contributed by atoms with van der Waals surface area (Å²) in [7, 11) is 2.14. The number of rotatable bonds is 3. The number of anilines is 1. The molecule has 1 fully saturated rings. The van der Waals surface area contributed by atoms with Crippen LogP contribution in [0.15, 0.2) is 12.4 Å². The highest BCUT2D eigenvalue weighted by Gasteiger charge is 2.17. The molecule has 3 heterocycles. The average molecular weight is 276 g/mol. The SMILES string of the molecule is Cc1cc2c(N(C)CC3CCCNC3)ncnc2s1. The van der Waals surface area contributed by atoms with E-state index < -0.39 is 0 Å². The second-order valence-corrected chi connectivity index (χ2v) is 6.60. The third-order valence-electron chi connectivity index (χ3n) is 3.72. The summed E-state index contributed by atoms with van der Waals surface area (Å²) in [5, 5.41) is 4.67. The fourth-order valence-electron chi connectivity index (χ4n) is 2.82. The Balaban J connectivity index is 1.82. The molecule has 0 aromatic carbocycles. The van der Waals surface area contributed by atoms with Crippen LogP contribution in [0, 0.1) is 12.8 Å². The van der Waals surface area contributed by atoms with E-state index in [2.05, 4.69) is 40.2 Å². The monoisotopic (exact) mass is 276 g/mol. The van der Waals surface area contributed by atoms with Crippen molar-refractivity contribution in [3.8, 4) is 0 Å². The molecule has 1 aliphatic rings. The van der Waals surface area contributed by atoms with E-state index in [1.807, 2.05) is 0 Å². The van der Waals surface area contributed by atoms with Crippen LogP contribution in [0.1, 0.15) is 17.7 Å². The van der Waals surface area contributed by atoms with E-state index in [9.17, 15) is 0 Å². The van der Waals surface area contributed by atoms with Gasteiger partial charge >= 0.3 is 0 Å². The highest BCUT2D eigenvalue weighted by Crippen LogP contribution is 2.29. The van der Waals surface area contributed by atoms with Crippen LogP contribution in [0.5, 0.6) is 0 Å². The lowest BCUT2D eigenvalue weighted by molar-refractivity contribution is 0.381. The fraction of sp³-hybridized carbons (Fsp3) is 0.571. The Hall–Kier alpha value is -1.20. The van der Waals surface area contributed by atoms with Crippen molar-refractivity contribution in [2.75, 3.05) is 31.6 Å². The van der Waals surface area contributed by atoms with Crippen LogP contribution in [0.3, 0.4) is 0 Å². The molecule has 0 bridgehead atoms. The molecule has 0 saturated carbocycles. The van der Waals surface area contributed by atoms with Gasteiger partial charge in [0.1, 0.15) is 17.0 Å². The zero-order valence-electron chi connectivity index (χ0n) is 11.5. The fourth-order valence-corrected chi connectivity index (χ4v) is 3.66. The van der Waals surface area contributed by atoms with Gasteiger partial charge in [-0.05, 0) is 44.8 Å². The Kier molecular flexibility index (Phi) is 3.66. The zero-order chi connectivity index (χ0) is 13.2. The van der Waals surface area contributed by atoms with Crippen molar-refractivity contribution < 1.29 is 0 Å². The van der Waals surface area contributed by atoms with Crippen molar-refractivity contribution in [3.05, 3.63) is 17.3 Å². The molecule has 102 valence electrons. The van der Waals surface area contributed by atoms with Gasteiger partial charge < -0.3 is 10.2 Å². The first kappa shape index (κ1) is 12.8. The first-order valence-electron chi connectivity index (χ1n) is 6.87. The summed E-state index contributed by atoms with van der Waals surface area (Å²) in [5.74, 6) is 1.79. The van der Waals surface area contributed by atoms with Gasteiger partial charge in [-0.2, -0.15) is 0 Å². The van der Waals surface area contributed by atoms with Gasteiger partial charge in [-0.15, -0.1) is 11.3 Å². The van der Waals surface area contributed by atoms with E-state index in [4.69, 9.17) is 0 Å². The quantitative estimate of drug-likeness (QED) is 0.935. The molecule has 19 heavy (non-hydrogen) atoms. The number of aryl methyl sites for hydroxylation is 1. The van der Waals surface area contributed by atoms with E-state index in [-0.39, 0.29) is 0 Å². The second-order valence-electron chi connectivity index (χ2n) is 5.37. The van der Waals surface area contributed by atoms with Crippen molar-refractivity contribution in [1.82, 2.24) is 15.3 Å². The Labute approximate surface area is 117 Å². The molecule has 0 spiro atoms. The molecule has 4 nitrogen and oxygen atoms in total. The van der Waals surface area contributed by atoms with Gasteiger partial charge in [-0.25, -0.2) is 9.97 Å². The molecule has 0 amide bonds. The van der Waals surface area contributed by atoms with Crippen molar-refractivity contribution in [2.45, 2.75) is 19.8 Å². The van der Waals surface area contributed by atoms with E-state index >= 15 is 0 Å². The molecule has 3 rings (SSSR count). The van der Waals surface area contributed by atoms with Crippen molar-refractivity contribution >= 4 is 27.4 Å². The lowest BCUT2D eigenvalue weighted by Crippen LogP contribution is -2.37. The van der Waals surface area contributed by atoms with Crippen LogP contribution >= 0.6 is 11.3 Å². The third-order valence-corrected chi connectivity index (χ3v) is 4.68. The number of hydrogen-bond acceptors (Lipinski definition) is 5. The van der Waals surface area contributed by atoms with E-state index in [1.54, 1.807) is 17.7 Å². The predicted molar refractivity (Wildman–Crippen MR) is 81.0 cm³/mol. The molecule has 1 atom stereocenters. The summed E-state index contributed by atoms with van der Waals surface area (Å²) in [6.07, 6.45) is 4.28. The summed E-state index contributed by atoms with van der Waals surface area (Å²) in [6.45, 7) is 5.48. The molecule has 2 aromatic heterocycles. The van der Waals surface area contributed by atoms with Crippen LogP contribution in [0.2, 0.25) is 0 Å². The summed E-state index contributed by atoms with van der Waals surface area (Å²) < 4.78 is 0. The molecule has 0 aliphatic carbocycles. The number of thiophene rings is 1. The molecule has 1 unspecified atom stereocenters. The number of piperidine rings is 1. The highest BCUT2D eigenvalue weighted by atomic mass is 32.1. The van der Waals surface area contributed by atoms with Crippen LogP contribution in [-0.4, -0.2) is 36.6 Å².